The van der Waals surface area contributed by atoms with Gasteiger partial charge in [-0.2, -0.15) is 0 Å². The fourth-order valence-corrected chi connectivity index (χ4v) is 1.75. The second-order valence-corrected chi connectivity index (χ2v) is 3.91. The van der Waals surface area contributed by atoms with Gasteiger partial charge in [0.2, 0.25) is 0 Å². The molecule has 0 fully saturated rings. The number of carboxylic acids is 3. The highest BCUT2D eigenvalue weighted by Gasteiger charge is 2.16. The van der Waals surface area contributed by atoms with E-state index in [1.807, 2.05) is 0 Å². The summed E-state index contributed by atoms with van der Waals surface area (Å²) < 4.78 is 0. The first-order valence-electron chi connectivity index (χ1n) is 5.17. The Hall–Kier alpha value is -2.89. The van der Waals surface area contributed by atoms with Gasteiger partial charge in [0, 0.05) is 0 Å². The van der Waals surface area contributed by atoms with Gasteiger partial charge in [-0.15, -0.1) is 0 Å². The van der Waals surface area contributed by atoms with Crippen molar-refractivity contribution in [3.8, 4) is 11.1 Å². The molecule has 2 aliphatic carbocycles. The summed E-state index contributed by atoms with van der Waals surface area (Å²) in [6.07, 6.45) is 0. The fraction of sp³-hybridized carbons (Fsp3) is 0. The maximum absolute atomic E-state index is 11.0. The molecule has 0 aromatic heterocycles. The number of aromatic carboxylic acids is 3. The van der Waals surface area contributed by atoms with Crippen LogP contribution >= 0.6 is 0 Å². The van der Waals surface area contributed by atoms with Crippen molar-refractivity contribution in [1.82, 2.24) is 0 Å². The van der Waals surface area contributed by atoms with Crippen molar-refractivity contribution in [3.05, 3.63) is 47.0 Å². The normalized spacial score (nSPS) is 10.3. The number of hydrogen-bond acceptors (Lipinski definition) is 3. The van der Waals surface area contributed by atoms with Gasteiger partial charge >= 0.3 is 17.9 Å². The first-order chi connectivity index (χ1) is 8.88. The minimum Gasteiger partial charge on any atom is -0.478 e. The molecule has 6 nitrogen and oxygen atoms in total. The van der Waals surface area contributed by atoms with Gasteiger partial charge < -0.3 is 15.3 Å². The van der Waals surface area contributed by atoms with Crippen LogP contribution in [0.2, 0.25) is 0 Å². The summed E-state index contributed by atoms with van der Waals surface area (Å²) >= 11 is 0. The molecular formula is C13H8O6. The van der Waals surface area contributed by atoms with E-state index in [9.17, 15) is 14.4 Å². The number of hydrogen-bond donors (Lipinski definition) is 3. The molecule has 0 saturated heterocycles. The lowest BCUT2D eigenvalue weighted by Crippen LogP contribution is -1.98. The monoisotopic (exact) mass is 260 g/mol. The first kappa shape index (κ1) is 12.6. The van der Waals surface area contributed by atoms with Crippen molar-refractivity contribution in [2.75, 3.05) is 0 Å². The van der Waals surface area contributed by atoms with Gasteiger partial charge in [0.1, 0.15) is 0 Å². The topological polar surface area (TPSA) is 112 Å². The Labute approximate surface area is 106 Å². The molecule has 96 valence electrons. The zero-order valence-corrected chi connectivity index (χ0v) is 9.45. The highest BCUT2D eigenvalue weighted by Crippen LogP contribution is 2.27. The summed E-state index contributed by atoms with van der Waals surface area (Å²) in [7, 11) is 0. The number of carbonyl (C=O) groups is 3. The lowest BCUT2D eigenvalue weighted by Gasteiger charge is -1.90. The molecule has 0 atom stereocenters. The van der Waals surface area contributed by atoms with E-state index in [0.717, 1.165) is 6.07 Å². The Morgan fingerprint density at radius 3 is 1.11 bits per heavy atom. The molecule has 6 heteroatoms. The third-order valence-corrected chi connectivity index (χ3v) is 2.63. The Bertz CT molecular complexity index is 624. The maximum Gasteiger partial charge on any atom is 0.335 e. The molecule has 3 N–H and O–H groups in total. The number of rotatable bonds is 3. The van der Waals surface area contributed by atoms with E-state index in [2.05, 4.69) is 0 Å². The summed E-state index contributed by atoms with van der Waals surface area (Å²) in [6, 6.07) is 6.13. The second-order valence-electron chi connectivity index (χ2n) is 3.91. The molecule has 0 aromatic carbocycles. The quantitative estimate of drug-likeness (QED) is 0.776. The smallest absolute Gasteiger partial charge is 0.335 e. The van der Waals surface area contributed by atoms with Gasteiger partial charge in [0.25, 0.3) is 0 Å². The summed E-state index contributed by atoms with van der Waals surface area (Å²) in [4.78, 5) is 32.8. The van der Waals surface area contributed by atoms with Gasteiger partial charge in [-0.3, -0.25) is 0 Å². The molecular weight excluding hydrogens is 252 g/mol. The Kier molecular flexibility index (Phi) is 2.92. The third kappa shape index (κ3) is 2.37. The minimum atomic E-state index is -1.28. The number of carboxylic acid groups (broad SMARTS) is 3. The van der Waals surface area contributed by atoms with Crippen LogP contribution in [0.5, 0.6) is 0 Å². The predicted molar refractivity (Wildman–Crippen MR) is 63.9 cm³/mol. The van der Waals surface area contributed by atoms with E-state index in [1.165, 1.54) is 24.3 Å². The van der Waals surface area contributed by atoms with Crippen LogP contribution in [-0.4, -0.2) is 33.2 Å². The van der Waals surface area contributed by atoms with Gasteiger partial charge in [-0.1, -0.05) is 0 Å². The highest BCUT2D eigenvalue weighted by molar-refractivity contribution is 5.98. The standard InChI is InChI=1S/C13H8O6/c14-11(15)8-1-6-3-9(12(16)17)5-10(13(18)19)4-7(6)2-8/h1-5H,(H,14,15)(H,16,17)(H,18,19). The van der Waals surface area contributed by atoms with E-state index in [-0.39, 0.29) is 16.7 Å². The van der Waals surface area contributed by atoms with E-state index in [4.69, 9.17) is 15.3 Å². The first-order valence-corrected chi connectivity index (χ1v) is 5.17. The molecule has 19 heavy (non-hydrogen) atoms. The van der Waals surface area contributed by atoms with Crippen LogP contribution in [-0.2, 0) is 0 Å². The summed E-state index contributed by atoms with van der Waals surface area (Å²) in [5.41, 5.74) is 0.281. The van der Waals surface area contributed by atoms with Crippen LogP contribution in [0.3, 0.4) is 0 Å². The Morgan fingerprint density at radius 2 is 0.842 bits per heavy atom. The van der Waals surface area contributed by atoms with Crippen LogP contribution < -0.4 is 0 Å². The molecule has 0 amide bonds. The lowest BCUT2D eigenvalue weighted by molar-refractivity contribution is 0.0683. The maximum atomic E-state index is 11.0. The minimum absolute atomic E-state index is 0.0196. The summed E-state index contributed by atoms with van der Waals surface area (Å²) in [6.45, 7) is 0. The van der Waals surface area contributed by atoms with Crippen molar-refractivity contribution in [1.29, 1.82) is 0 Å². The van der Waals surface area contributed by atoms with Crippen LogP contribution in [0.4, 0.5) is 0 Å². The molecule has 0 radical (unpaired) electrons. The van der Waals surface area contributed by atoms with E-state index >= 15 is 0 Å². The lowest BCUT2D eigenvalue weighted by atomic mass is 10.2. The molecule has 2 rings (SSSR count). The molecule has 0 spiro atoms. The fourth-order valence-electron chi connectivity index (χ4n) is 1.75. The van der Waals surface area contributed by atoms with Crippen LogP contribution in [0.1, 0.15) is 31.1 Å². The molecule has 0 unspecified atom stereocenters. The van der Waals surface area contributed by atoms with Gasteiger partial charge in [-0.05, 0) is 41.5 Å². The van der Waals surface area contributed by atoms with E-state index in [0.29, 0.717) is 11.1 Å². The Morgan fingerprint density at radius 1 is 0.579 bits per heavy atom. The van der Waals surface area contributed by atoms with E-state index in [1.54, 1.807) is 0 Å². The summed E-state index contributed by atoms with van der Waals surface area (Å²) in [5.74, 6) is -3.72. The number of fused-ring (bicyclic) bond motifs is 1. The van der Waals surface area contributed by atoms with Crippen LogP contribution in [0.25, 0.3) is 11.1 Å². The predicted octanol–water partition coefficient (Wildman–Crippen LogP) is 1.89. The van der Waals surface area contributed by atoms with Gasteiger partial charge in [0.15, 0.2) is 0 Å². The van der Waals surface area contributed by atoms with Crippen LogP contribution in [0.15, 0.2) is 30.3 Å². The zero-order valence-electron chi connectivity index (χ0n) is 9.45. The van der Waals surface area contributed by atoms with Crippen molar-refractivity contribution < 1.29 is 29.7 Å². The highest BCUT2D eigenvalue weighted by atomic mass is 16.4. The van der Waals surface area contributed by atoms with Gasteiger partial charge in [-0.25, -0.2) is 14.4 Å². The third-order valence-electron chi connectivity index (χ3n) is 2.63. The Balaban J connectivity index is 2.76. The van der Waals surface area contributed by atoms with Crippen LogP contribution in [0, 0.1) is 0 Å². The van der Waals surface area contributed by atoms with Gasteiger partial charge in [0.05, 0.1) is 16.7 Å². The molecule has 0 aliphatic heterocycles. The average Bonchev–Trinajstić information content (AvgIpc) is 2.61. The van der Waals surface area contributed by atoms with Crippen molar-refractivity contribution in [2.24, 2.45) is 0 Å². The largest absolute Gasteiger partial charge is 0.478 e. The molecule has 0 heterocycles. The zero-order chi connectivity index (χ0) is 14.2. The average molecular weight is 260 g/mol. The molecule has 0 aromatic rings. The second kappa shape index (κ2) is 4.41. The summed E-state index contributed by atoms with van der Waals surface area (Å²) in [5, 5.41) is 26.8. The van der Waals surface area contributed by atoms with Crippen molar-refractivity contribution in [3.63, 3.8) is 0 Å². The SMILES string of the molecule is O=C(O)c1cc(C(=O)O)cc2cc(C(=O)O)cc-2c1. The molecule has 0 saturated carbocycles. The molecule has 0 bridgehead atoms. The van der Waals surface area contributed by atoms with Crippen molar-refractivity contribution in [2.45, 2.75) is 0 Å². The molecule has 2 aliphatic rings. The van der Waals surface area contributed by atoms with Crippen molar-refractivity contribution >= 4 is 17.9 Å². The van der Waals surface area contributed by atoms with E-state index < -0.39 is 17.9 Å².